The number of sulfonamides is 1. The molecule has 2 aliphatic rings. The fraction of sp³-hybridized carbons (Fsp3) is 0.409. The van der Waals surface area contributed by atoms with Crippen molar-refractivity contribution in [3.05, 3.63) is 54.1 Å². The highest BCUT2D eigenvalue weighted by Crippen LogP contribution is 2.30. The maximum absolute atomic E-state index is 12.7. The first-order valence-corrected chi connectivity index (χ1v) is 11.7. The Bertz CT molecular complexity index is 985. The third kappa shape index (κ3) is 4.76. The number of nitrogens with zero attached hydrogens (tertiary/aromatic N) is 1. The molecule has 2 heterocycles. The largest absolute Gasteiger partial charge is 0.486 e. The van der Waals surface area contributed by atoms with E-state index in [1.54, 1.807) is 28.6 Å². The Labute approximate surface area is 177 Å². The van der Waals surface area contributed by atoms with Gasteiger partial charge < -0.3 is 14.8 Å². The van der Waals surface area contributed by atoms with Gasteiger partial charge in [0.15, 0.2) is 11.5 Å². The zero-order valence-corrected chi connectivity index (χ0v) is 17.6. The summed E-state index contributed by atoms with van der Waals surface area (Å²) >= 11 is 0. The molecular formula is C22H26N2O5S. The highest BCUT2D eigenvalue weighted by molar-refractivity contribution is 7.89. The van der Waals surface area contributed by atoms with Crippen molar-refractivity contribution >= 4 is 15.9 Å². The summed E-state index contributed by atoms with van der Waals surface area (Å²) in [6, 6.07) is 14.0. The van der Waals surface area contributed by atoms with Crippen LogP contribution in [-0.2, 0) is 21.2 Å². The van der Waals surface area contributed by atoms with Crippen LogP contribution >= 0.6 is 0 Å². The van der Waals surface area contributed by atoms with Gasteiger partial charge in [-0.05, 0) is 42.7 Å². The molecule has 1 atom stereocenters. The van der Waals surface area contributed by atoms with E-state index in [9.17, 15) is 13.2 Å². The van der Waals surface area contributed by atoms with Gasteiger partial charge in [-0.2, -0.15) is 4.31 Å². The van der Waals surface area contributed by atoms with Crippen LogP contribution in [-0.4, -0.2) is 51.0 Å². The van der Waals surface area contributed by atoms with E-state index >= 15 is 0 Å². The van der Waals surface area contributed by atoms with Gasteiger partial charge in [-0.1, -0.05) is 30.7 Å². The molecule has 1 unspecified atom stereocenters. The average Bonchev–Trinajstić information content (AvgIpc) is 2.78. The average molecular weight is 431 g/mol. The summed E-state index contributed by atoms with van der Waals surface area (Å²) in [4.78, 5) is 12.6. The molecule has 4 rings (SSSR count). The van der Waals surface area contributed by atoms with Gasteiger partial charge in [-0.25, -0.2) is 8.42 Å². The lowest BCUT2D eigenvalue weighted by atomic mass is 10.1. The normalized spacial score (nSPS) is 19.3. The number of carbonyl (C=O) groups excluding carboxylic acids is 1. The Morgan fingerprint density at radius 2 is 1.70 bits per heavy atom. The van der Waals surface area contributed by atoms with Crippen molar-refractivity contribution in [1.29, 1.82) is 0 Å². The van der Waals surface area contributed by atoms with Crippen LogP contribution in [0.1, 0.15) is 24.8 Å². The predicted octanol–water partition coefficient (Wildman–Crippen LogP) is 2.36. The molecule has 0 aromatic heterocycles. The van der Waals surface area contributed by atoms with E-state index in [1.165, 1.54) is 0 Å². The highest BCUT2D eigenvalue weighted by Gasteiger charge is 2.26. The van der Waals surface area contributed by atoms with Crippen molar-refractivity contribution in [3.63, 3.8) is 0 Å². The molecule has 0 spiro atoms. The summed E-state index contributed by atoms with van der Waals surface area (Å²) in [5.74, 6) is 1.23. The second-order valence-corrected chi connectivity index (χ2v) is 9.53. The molecule has 0 radical (unpaired) electrons. The number of hydrogen-bond acceptors (Lipinski definition) is 5. The molecule has 0 aliphatic carbocycles. The summed E-state index contributed by atoms with van der Waals surface area (Å²) in [6.45, 7) is 1.86. The van der Waals surface area contributed by atoms with Crippen LogP contribution in [0.3, 0.4) is 0 Å². The first kappa shape index (κ1) is 20.7. The van der Waals surface area contributed by atoms with Gasteiger partial charge >= 0.3 is 0 Å². The molecule has 2 aromatic carbocycles. The van der Waals surface area contributed by atoms with Gasteiger partial charge in [0.1, 0.15) is 12.7 Å². The standard InChI is InChI=1S/C22H26N2O5S/c25-22(23-15-18-16-28-20-6-2-3-7-21(20)29-18)14-17-8-10-19(11-9-17)30(26,27)24-12-4-1-5-13-24/h2-3,6-11,18H,1,4-5,12-16H2,(H,23,25). The predicted molar refractivity (Wildman–Crippen MR) is 112 cm³/mol. The Kier molecular flexibility index (Phi) is 6.24. The third-order valence-electron chi connectivity index (χ3n) is 5.34. The van der Waals surface area contributed by atoms with Gasteiger partial charge in [-0.15, -0.1) is 0 Å². The van der Waals surface area contributed by atoms with Gasteiger partial charge in [-0.3, -0.25) is 4.79 Å². The summed E-state index contributed by atoms with van der Waals surface area (Å²) in [7, 11) is -3.45. The van der Waals surface area contributed by atoms with Crippen molar-refractivity contribution in [2.45, 2.75) is 36.7 Å². The second-order valence-electron chi connectivity index (χ2n) is 7.59. The van der Waals surface area contributed by atoms with Crippen LogP contribution in [0.15, 0.2) is 53.4 Å². The number of nitrogens with one attached hydrogen (secondary N) is 1. The van der Waals surface area contributed by atoms with Crippen LogP contribution in [0.4, 0.5) is 0 Å². The van der Waals surface area contributed by atoms with Gasteiger partial charge in [0.05, 0.1) is 17.9 Å². The Morgan fingerprint density at radius 3 is 2.43 bits per heavy atom. The zero-order chi connectivity index (χ0) is 21.0. The number of piperidine rings is 1. The third-order valence-corrected chi connectivity index (χ3v) is 7.25. The number of ether oxygens (including phenoxy) is 2. The summed E-state index contributed by atoms with van der Waals surface area (Å²) in [5.41, 5.74) is 0.760. The van der Waals surface area contributed by atoms with Crippen molar-refractivity contribution < 1.29 is 22.7 Å². The topological polar surface area (TPSA) is 84.9 Å². The van der Waals surface area contributed by atoms with E-state index < -0.39 is 10.0 Å². The second kappa shape index (κ2) is 9.06. The van der Waals surface area contributed by atoms with Crippen LogP contribution < -0.4 is 14.8 Å². The smallest absolute Gasteiger partial charge is 0.243 e. The number of benzene rings is 2. The van der Waals surface area contributed by atoms with Gasteiger partial charge in [0, 0.05) is 13.1 Å². The van der Waals surface area contributed by atoms with E-state index in [2.05, 4.69) is 5.32 Å². The Morgan fingerprint density at radius 1 is 1.00 bits per heavy atom. The van der Waals surface area contributed by atoms with E-state index in [0.29, 0.717) is 37.7 Å². The molecule has 1 amide bonds. The van der Waals surface area contributed by atoms with Crippen LogP contribution in [0.5, 0.6) is 11.5 Å². The molecule has 7 nitrogen and oxygen atoms in total. The quantitative estimate of drug-likeness (QED) is 0.761. The van der Waals surface area contributed by atoms with Gasteiger partial charge in [0.25, 0.3) is 0 Å². The number of fused-ring (bicyclic) bond motifs is 1. The van der Waals surface area contributed by atoms with E-state index in [0.717, 1.165) is 24.8 Å². The molecule has 0 bridgehead atoms. The number of rotatable bonds is 6. The molecule has 0 saturated carbocycles. The van der Waals surface area contributed by atoms with Crippen LogP contribution in [0.25, 0.3) is 0 Å². The minimum absolute atomic E-state index is 0.149. The molecule has 160 valence electrons. The van der Waals surface area contributed by atoms with Crippen molar-refractivity contribution in [2.24, 2.45) is 0 Å². The van der Waals surface area contributed by atoms with Crippen molar-refractivity contribution in [1.82, 2.24) is 9.62 Å². The fourth-order valence-electron chi connectivity index (χ4n) is 3.67. The molecule has 1 N–H and O–H groups in total. The molecule has 1 fully saturated rings. The molecule has 1 saturated heterocycles. The Balaban J connectivity index is 1.29. The SMILES string of the molecule is O=C(Cc1ccc(S(=O)(=O)N2CCCCC2)cc1)NCC1COc2ccccc2O1. The lowest BCUT2D eigenvalue weighted by molar-refractivity contribution is -0.120. The first-order valence-electron chi connectivity index (χ1n) is 10.3. The first-order chi connectivity index (χ1) is 14.5. The van der Waals surface area contributed by atoms with Gasteiger partial charge in [0.2, 0.25) is 15.9 Å². The van der Waals surface area contributed by atoms with E-state index in [4.69, 9.17) is 9.47 Å². The summed E-state index contributed by atoms with van der Waals surface area (Å²) in [5, 5.41) is 2.86. The fourth-order valence-corrected chi connectivity index (χ4v) is 5.19. The van der Waals surface area contributed by atoms with E-state index in [-0.39, 0.29) is 23.3 Å². The van der Waals surface area contributed by atoms with Crippen LogP contribution in [0.2, 0.25) is 0 Å². The summed E-state index contributed by atoms with van der Waals surface area (Å²) in [6.07, 6.45) is 2.80. The number of para-hydroxylation sites is 2. The molecular weight excluding hydrogens is 404 g/mol. The van der Waals surface area contributed by atoms with Crippen molar-refractivity contribution in [3.8, 4) is 11.5 Å². The summed E-state index contributed by atoms with van der Waals surface area (Å²) < 4.78 is 38.4. The maximum Gasteiger partial charge on any atom is 0.243 e. The van der Waals surface area contributed by atoms with E-state index in [1.807, 2.05) is 24.3 Å². The molecule has 8 heteroatoms. The van der Waals surface area contributed by atoms with Crippen LogP contribution in [0, 0.1) is 0 Å². The lowest BCUT2D eigenvalue weighted by Crippen LogP contribution is -2.41. The minimum Gasteiger partial charge on any atom is -0.486 e. The zero-order valence-electron chi connectivity index (χ0n) is 16.7. The molecule has 2 aromatic rings. The number of hydrogen-bond donors (Lipinski definition) is 1. The molecule has 30 heavy (non-hydrogen) atoms. The molecule has 2 aliphatic heterocycles. The number of carbonyl (C=O) groups is 1. The minimum atomic E-state index is -3.45. The maximum atomic E-state index is 12.7. The highest BCUT2D eigenvalue weighted by atomic mass is 32.2. The van der Waals surface area contributed by atoms with Crippen molar-refractivity contribution in [2.75, 3.05) is 26.2 Å². The lowest BCUT2D eigenvalue weighted by Gasteiger charge is -2.26. The number of amides is 1. The monoisotopic (exact) mass is 430 g/mol. The Hall–Kier alpha value is -2.58.